The maximum Gasteiger partial charge on any atom is 0.0815 e. The third-order valence-corrected chi connectivity index (χ3v) is 2.58. The Balaban J connectivity index is 0.00000162. The maximum atomic E-state index is 4.41. The second kappa shape index (κ2) is 7.06. The molecular weight excluding hydrogens is 250 g/mol. The van der Waals surface area contributed by atoms with Crippen molar-refractivity contribution in [3.63, 3.8) is 0 Å². The van der Waals surface area contributed by atoms with Crippen molar-refractivity contribution in [2.75, 3.05) is 5.32 Å². The number of nitrogens with one attached hydrogen (secondary N) is 1. The molecule has 0 spiro atoms. The fourth-order valence-electron chi connectivity index (χ4n) is 1.67. The van der Waals surface area contributed by atoms with E-state index in [1.807, 2.05) is 34.0 Å². The smallest absolute Gasteiger partial charge is 0.0815 e. The highest BCUT2D eigenvalue weighted by molar-refractivity contribution is 5.85. The molecule has 0 aliphatic heterocycles. The second-order valence-electron chi connectivity index (χ2n) is 4.01. The van der Waals surface area contributed by atoms with Crippen molar-refractivity contribution in [2.24, 2.45) is 0 Å². The lowest BCUT2D eigenvalue weighted by Gasteiger charge is -2.00. The molecule has 0 bridgehead atoms. The molecule has 2 rings (SSSR count). The minimum atomic E-state index is 0. The molecule has 0 atom stereocenters. The van der Waals surface area contributed by atoms with Crippen LogP contribution in [0.2, 0.25) is 0 Å². The third-order valence-electron chi connectivity index (χ3n) is 2.58. The molecule has 0 fully saturated rings. The summed E-state index contributed by atoms with van der Waals surface area (Å²) in [5, 5.41) is 12.0. The molecule has 0 saturated carbocycles. The Bertz CT molecular complexity index is 462. The zero-order chi connectivity index (χ0) is 12.1. The van der Waals surface area contributed by atoms with Crippen LogP contribution in [0, 0.1) is 0 Å². The van der Waals surface area contributed by atoms with Gasteiger partial charge in [0.2, 0.25) is 0 Å². The Morgan fingerprint density at radius 3 is 2.78 bits per heavy atom. The normalized spacial score (nSPS) is 10.1. The van der Waals surface area contributed by atoms with Gasteiger partial charge in [0.15, 0.2) is 0 Å². The molecule has 0 aliphatic carbocycles. The van der Waals surface area contributed by atoms with Gasteiger partial charge in [0.05, 0.1) is 24.1 Å². The molecule has 0 radical (unpaired) electrons. The van der Waals surface area contributed by atoms with E-state index in [0.29, 0.717) is 0 Å². The van der Waals surface area contributed by atoms with Crippen molar-refractivity contribution < 1.29 is 0 Å². The highest BCUT2D eigenvalue weighted by Crippen LogP contribution is 2.07. The average Bonchev–Trinajstić information content (AvgIpc) is 2.95. The number of aryl methyl sites for hydroxylation is 2. The number of anilines is 1. The summed E-state index contributed by atoms with van der Waals surface area (Å²) >= 11 is 0. The summed E-state index contributed by atoms with van der Waals surface area (Å²) in [5.41, 5.74) is 2.10. The molecule has 2 aromatic heterocycles. The summed E-state index contributed by atoms with van der Waals surface area (Å²) < 4.78 is 3.88. The van der Waals surface area contributed by atoms with E-state index in [-0.39, 0.29) is 12.4 Å². The Kier molecular flexibility index (Phi) is 5.71. The Labute approximate surface area is 114 Å². The van der Waals surface area contributed by atoms with Gasteiger partial charge in [-0.3, -0.25) is 9.36 Å². The number of nitrogens with zero attached hydrogens (tertiary/aromatic N) is 4. The number of rotatable bonds is 6. The lowest BCUT2D eigenvalue weighted by molar-refractivity contribution is 0.603. The molecule has 2 heterocycles. The molecule has 0 saturated heterocycles. The Morgan fingerprint density at radius 1 is 1.28 bits per heavy atom. The van der Waals surface area contributed by atoms with Gasteiger partial charge in [0, 0.05) is 25.5 Å². The summed E-state index contributed by atoms with van der Waals surface area (Å²) in [6.45, 7) is 6.84. The molecular formula is C12H20ClN5. The first-order valence-electron chi connectivity index (χ1n) is 6.10. The molecule has 18 heavy (non-hydrogen) atoms. The van der Waals surface area contributed by atoms with E-state index in [9.17, 15) is 0 Å². The molecule has 0 aromatic carbocycles. The summed E-state index contributed by atoms with van der Waals surface area (Å²) in [7, 11) is 0. The number of hydrogen-bond donors (Lipinski definition) is 1. The van der Waals surface area contributed by atoms with Crippen molar-refractivity contribution in [1.82, 2.24) is 19.6 Å². The second-order valence-corrected chi connectivity index (χ2v) is 4.01. The van der Waals surface area contributed by atoms with Crippen LogP contribution in [0.25, 0.3) is 0 Å². The van der Waals surface area contributed by atoms with E-state index < -0.39 is 0 Å². The van der Waals surface area contributed by atoms with Crippen LogP contribution in [0.3, 0.4) is 0 Å². The van der Waals surface area contributed by atoms with Gasteiger partial charge in [0.1, 0.15) is 0 Å². The van der Waals surface area contributed by atoms with E-state index in [0.717, 1.165) is 37.4 Å². The fourth-order valence-corrected chi connectivity index (χ4v) is 1.67. The number of halogens is 1. The summed E-state index contributed by atoms with van der Waals surface area (Å²) in [5.74, 6) is 0. The van der Waals surface area contributed by atoms with Crippen LogP contribution in [0.4, 0.5) is 5.69 Å². The summed E-state index contributed by atoms with van der Waals surface area (Å²) in [6, 6.07) is 2.03. The van der Waals surface area contributed by atoms with Crippen molar-refractivity contribution in [2.45, 2.75) is 39.9 Å². The van der Waals surface area contributed by atoms with Gasteiger partial charge in [-0.05, 0) is 19.4 Å². The zero-order valence-corrected chi connectivity index (χ0v) is 11.7. The molecule has 0 unspecified atom stereocenters. The average molecular weight is 270 g/mol. The van der Waals surface area contributed by atoms with Crippen LogP contribution in [0.5, 0.6) is 0 Å². The topological polar surface area (TPSA) is 47.7 Å². The standard InChI is InChI=1S/C12H19N5.ClH/c1-3-6-17-10-12(9-14-17)13-8-11-5-7-16(4-2)15-11;/h5,7,9-10,13H,3-4,6,8H2,1-2H3;1H. The molecule has 5 nitrogen and oxygen atoms in total. The van der Waals surface area contributed by atoms with E-state index in [4.69, 9.17) is 0 Å². The lowest BCUT2D eigenvalue weighted by atomic mass is 10.4. The van der Waals surface area contributed by atoms with E-state index >= 15 is 0 Å². The van der Waals surface area contributed by atoms with Gasteiger partial charge in [-0.25, -0.2) is 0 Å². The van der Waals surface area contributed by atoms with Gasteiger partial charge < -0.3 is 5.32 Å². The molecule has 0 amide bonds. The summed E-state index contributed by atoms with van der Waals surface area (Å²) in [6.07, 6.45) is 6.98. The molecule has 2 aromatic rings. The Hall–Kier alpha value is -1.49. The maximum absolute atomic E-state index is 4.41. The molecule has 6 heteroatoms. The quantitative estimate of drug-likeness (QED) is 0.877. The van der Waals surface area contributed by atoms with E-state index in [2.05, 4.69) is 29.4 Å². The number of hydrogen-bond acceptors (Lipinski definition) is 3. The zero-order valence-electron chi connectivity index (χ0n) is 10.8. The first-order valence-corrected chi connectivity index (χ1v) is 6.10. The minimum absolute atomic E-state index is 0. The molecule has 0 aliphatic rings. The largest absolute Gasteiger partial charge is 0.377 e. The predicted molar refractivity (Wildman–Crippen MR) is 75.0 cm³/mol. The van der Waals surface area contributed by atoms with Crippen LogP contribution in [0.15, 0.2) is 24.7 Å². The highest BCUT2D eigenvalue weighted by atomic mass is 35.5. The lowest BCUT2D eigenvalue weighted by Crippen LogP contribution is -2.01. The summed E-state index contributed by atoms with van der Waals surface area (Å²) in [4.78, 5) is 0. The number of aromatic nitrogens is 4. The van der Waals surface area contributed by atoms with Gasteiger partial charge >= 0.3 is 0 Å². The molecule has 100 valence electrons. The monoisotopic (exact) mass is 269 g/mol. The SMILES string of the molecule is CCCn1cc(NCc2ccn(CC)n2)cn1.Cl. The Morgan fingerprint density at radius 2 is 2.11 bits per heavy atom. The van der Waals surface area contributed by atoms with E-state index in [1.165, 1.54) is 0 Å². The van der Waals surface area contributed by atoms with Crippen molar-refractivity contribution in [1.29, 1.82) is 0 Å². The van der Waals surface area contributed by atoms with Crippen molar-refractivity contribution >= 4 is 18.1 Å². The van der Waals surface area contributed by atoms with Crippen LogP contribution in [-0.2, 0) is 19.6 Å². The van der Waals surface area contributed by atoms with Gasteiger partial charge in [0.25, 0.3) is 0 Å². The highest BCUT2D eigenvalue weighted by Gasteiger charge is 2.00. The first kappa shape index (κ1) is 14.6. The van der Waals surface area contributed by atoms with Gasteiger partial charge in [-0.15, -0.1) is 12.4 Å². The van der Waals surface area contributed by atoms with Crippen LogP contribution in [-0.4, -0.2) is 19.6 Å². The fraction of sp³-hybridized carbons (Fsp3) is 0.500. The first-order chi connectivity index (χ1) is 8.31. The van der Waals surface area contributed by atoms with Gasteiger partial charge in [-0.2, -0.15) is 10.2 Å². The van der Waals surface area contributed by atoms with Crippen LogP contribution in [0.1, 0.15) is 26.0 Å². The predicted octanol–water partition coefficient (Wildman–Crippen LogP) is 2.54. The van der Waals surface area contributed by atoms with Crippen LogP contribution >= 0.6 is 12.4 Å². The van der Waals surface area contributed by atoms with Crippen LogP contribution < -0.4 is 5.32 Å². The van der Waals surface area contributed by atoms with Crippen molar-refractivity contribution in [3.8, 4) is 0 Å². The van der Waals surface area contributed by atoms with Crippen molar-refractivity contribution in [3.05, 3.63) is 30.4 Å². The minimum Gasteiger partial charge on any atom is -0.377 e. The third kappa shape index (κ3) is 3.77. The van der Waals surface area contributed by atoms with Gasteiger partial charge in [-0.1, -0.05) is 6.92 Å². The van der Waals surface area contributed by atoms with E-state index in [1.54, 1.807) is 0 Å². The molecule has 1 N–H and O–H groups in total.